The first-order valence-corrected chi connectivity index (χ1v) is 3.71. The van der Waals surface area contributed by atoms with Crippen LogP contribution in [0.1, 0.15) is 13.8 Å². The molecule has 0 aromatic rings. The summed E-state index contributed by atoms with van der Waals surface area (Å²) in [5.74, 6) is -1.67. The minimum Gasteiger partial charge on any atom is -0.479 e. The fourth-order valence-electron chi connectivity index (χ4n) is 0.723. The van der Waals surface area contributed by atoms with Gasteiger partial charge < -0.3 is 25.5 Å². The number of carboxylic acids is 1. The van der Waals surface area contributed by atoms with Crippen molar-refractivity contribution in [2.45, 2.75) is 37.8 Å². The Labute approximate surface area is 75.1 Å². The molecule has 0 bridgehead atoms. The summed E-state index contributed by atoms with van der Waals surface area (Å²) in [6.07, 6.45) is -4.96. The van der Waals surface area contributed by atoms with Crippen LogP contribution in [-0.4, -0.2) is 55.4 Å². The molecular weight excluding hydrogens is 180 g/mol. The third-order valence-electron chi connectivity index (χ3n) is 1.83. The molecule has 6 heteroatoms. The smallest absolute Gasteiger partial charge is 0.338 e. The van der Waals surface area contributed by atoms with Gasteiger partial charge in [-0.25, -0.2) is 4.79 Å². The number of hydrogen-bond acceptors (Lipinski definition) is 5. The zero-order chi connectivity index (χ0) is 10.8. The Hall–Kier alpha value is -0.690. The minimum absolute atomic E-state index is 0.839. The highest BCUT2D eigenvalue weighted by molar-refractivity contribution is 5.77. The second-order valence-electron chi connectivity index (χ2n) is 3.13. The number of aliphatic hydroxyl groups excluding tert-OH is 3. The maximum Gasteiger partial charge on any atom is 0.338 e. The summed E-state index contributed by atoms with van der Waals surface area (Å²) in [7, 11) is 0. The van der Waals surface area contributed by atoms with Gasteiger partial charge in [-0.1, -0.05) is 0 Å². The van der Waals surface area contributed by atoms with E-state index >= 15 is 0 Å². The van der Waals surface area contributed by atoms with Crippen LogP contribution in [0.3, 0.4) is 0 Å². The lowest BCUT2D eigenvalue weighted by Gasteiger charge is -2.29. The Morgan fingerprint density at radius 3 is 1.92 bits per heavy atom. The van der Waals surface area contributed by atoms with E-state index in [0.717, 1.165) is 6.92 Å². The fraction of sp³-hybridized carbons (Fsp3) is 0.857. The quantitative estimate of drug-likeness (QED) is 0.350. The molecule has 0 aromatic heterocycles. The second kappa shape index (κ2) is 4.01. The minimum atomic E-state index is -2.48. The first-order chi connectivity index (χ1) is 5.71. The average Bonchev–Trinajstić information content (AvgIpc) is 2.01. The number of rotatable bonds is 4. The Morgan fingerprint density at radius 2 is 1.69 bits per heavy atom. The third kappa shape index (κ3) is 2.63. The van der Waals surface area contributed by atoms with Crippen LogP contribution in [-0.2, 0) is 4.79 Å². The number of carboxylic acid groups (broad SMARTS) is 1. The van der Waals surface area contributed by atoms with Crippen molar-refractivity contribution in [2.24, 2.45) is 0 Å². The molecule has 0 aliphatic rings. The Bertz CT molecular complexity index is 187. The van der Waals surface area contributed by atoms with Crippen molar-refractivity contribution in [3.05, 3.63) is 0 Å². The number of aliphatic hydroxyl groups is 4. The van der Waals surface area contributed by atoms with Crippen LogP contribution < -0.4 is 0 Å². The van der Waals surface area contributed by atoms with E-state index in [1.165, 1.54) is 6.92 Å². The zero-order valence-corrected chi connectivity index (χ0v) is 7.38. The highest BCUT2D eigenvalue weighted by atomic mass is 16.4. The number of carbonyl (C=O) groups is 1. The van der Waals surface area contributed by atoms with Gasteiger partial charge in [-0.05, 0) is 13.8 Å². The van der Waals surface area contributed by atoms with Crippen molar-refractivity contribution in [1.82, 2.24) is 0 Å². The van der Waals surface area contributed by atoms with Crippen LogP contribution in [0.5, 0.6) is 0 Å². The Kier molecular flexibility index (Phi) is 3.80. The van der Waals surface area contributed by atoms with E-state index in [1.807, 2.05) is 0 Å². The van der Waals surface area contributed by atoms with Gasteiger partial charge in [0.05, 0.1) is 6.10 Å². The molecule has 0 spiro atoms. The molecule has 0 saturated carbocycles. The van der Waals surface area contributed by atoms with E-state index in [9.17, 15) is 4.79 Å². The summed E-state index contributed by atoms with van der Waals surface area (Å²) < 4.78 is 0. The van der Waals surface area contributed by atoms with E-state index in [1.54, 1.807) is 0 Å². The predicted octanol–water partition coefficient (Wildman–Crippen LogP) is -2.08. The summed E-state index contributed by atoms with van der Waals surface area (Å²) in [6.45, 7) is 2.01. The molecule has 0 amide bonds. The van der Waals surface area contributed by atoms with Gasteiger partial charge in [0.25, 0.3) is 0 Å². The van der Waals surface area contributed by atoms with Crippen LogP contribution in [0.15, 0.2) is 0 Å². The molecule has 0 aliphatic heterocycles. The molecule has 0 rings (SSSR count). The zero-order valence-electron chi connectivity index (χ0n) is 7.38. The molecule has 5 N–H and O–H groups in total. The van der Waals surface area contributed by atoms with E-state index in [0.29, 0.717) is 0 Å². The predicted molar refractivity (Wildman–Crippen MR) is 42.0 cm³/mol. The van der Waals surface area contributed by atoms with Gasteiger partial charge in [0, 0.05) is 0 Å². The standard InChI is InChI=1S/C7H14O6/c1-3(8)4(9)5(10)7(2,13)6(11)12/h3-5,8-10,13H,1-2H3,(H,11,12)/t3-,4-,5+,7-/m1/s1. The van der Waals surface area contributed by atoms with Crippen molar-refractivity contribution in [3.63, 3.8) is 0 Å². The molecule has 6 nitrogen and oxygen atoms in total. The normalized spacial score (nSPS) is 22.9. The van der Waals surface area contributed by atoms with Crippen LogP contribution in [0, 0.1) is 0 Å². The molecule has 0 saturated heterocycles. The van der Waals surface area contributed by atoms with Crippen LogP contribution >= 0.6 is 0 Å². The van der Waals surface area contributed by atoms with Crippen LogP contribution in [0.25, 0.3) is 0 Å². The van der Waals surface area contributed by atoms with Crippen molar-refractivity contribution >= 4 is 5.97 Å². The van der Waals surface area contributed by atoms with Gasteiger partial charge in [0.15, 0.2) is 5.60 Å². The van der Waals surface area contributed by atoms with E-state index in [4.69, 9.17) is 25.5 Å². The number of aliphatic carboxylic acids is 1. The van der Waals surface area contributed by atoms with E-state index in [2.05, 4.69) is 0 Å². The van der Waals surface area contributed by atoms with Gasteiger partial charge in [0.2, 0.25) is 0 Å². The van der Waals surface area contributed by atoms with Crippen molar-refractivity contribution in [2.75, 3.05) is 0 Å². The average molecular weight is 194 g/mol. The number of hydrogen-bond donors (Lipinski definition) is 5. The lowest BCUT2D eigenvalue weighted by Crippen LogP contribution is -2.55. The van der Waals surface area contributed by atoms with E-state index in [-0.39, 0.29) is 0 Å². The molecule has 0 aromatic carbocycles. The molecule has 13 heavy (non-hydrogen) atoms. The molecule has 4 atom stereocenters. The lowest BCUT2D eigenvalue weighted by atomic mass is 9.92. The first-order valence-electron chi connectivity index (χ1n) is 3.71. The highest BCUT2D eigenvalue weighted by Crippen LogP contribution is 2.15. The van der Waals surface area contributed by atoms with Crippen molar-refractivity contribution in [1.29, 1.82) is 0 Å². The Morgan fingerprint density at radius 1 is 1.31 bits per heavy atom. The highest BCUT2D eigenvalue weighted by Gasteiger charge is 2.43. The lowest BCUT2D eigenvalue weighted by molar-refractivity contribution is -0.183. The summed E-state index contributed by atoms with van der Waals surface area (Å²) in [5.41, 5.74) is -2.48. The van der Waals surface area contributed by atoms with Crippen molar-refractivity contribution < 1.29 is 30.3 Å². The van der Waals surface area contributed by atoms with Gasteiger partial charge in [-0.15, -0.1) is 0 Å². The SMILES string of the molecule is C[C@@H](O)[C@@H](O)[C@H](O)[C@@](C)(O)C(=O)O. The maximum atomic E-state index is 10.4. The summed E-state index contributed by atoms with van der Waals surface area (Å²) >= 11 is 0. The van der Waals surface area contributed by atoms with Gasteiger partial charge in [-0.2, -0.15) is 0 Å². The first kappa shape index (κ1) is 12.3. The molecular formula is C7H14O6. The van der Waals surface area contributed by atoms with E-state index < -0.39 is 29.9 Å². The fourth-order valence-corrected chi connectivity index (χ4v) is 0.723. The molecule has 0 radical (unpaired) electrons. The molecule has 0 unspecified atom stereocenters. The van der Waals surface area contributed by atoms with Gasteiger partial charge >= 0.3 is 5.97 Å². The maximum absolute atomic E-state index is 10.4. The molecule has 0 fully saturated rings. The second-order valence-corrected chi connectivity index (χ2v) is 3.13. The van der Waals surface area contributed by atoms with Crippen molar-refractivity contribution in [3.8, 4) is 0 Å². The molecule has 0 aliphatic carbocycles. The molecule has 78 valence electrons. The molecule has 0 heterocycles. The topological polar surface area (TPSA) is 118 Å². The summed E-state index contributed by atoms with van der Waals surface area (Å²) in [4.78, 5) is 10.4. The largest absolute Gasteiger partial charge is 0.479 e. The van der Waals surface area contributed by atoms with Crippen LogP contribution in [0.2, 0.25) is 0 Å². The summed E-state index contributed by atoms with van der Waals surface area (Å²) in [5, 5.41) is 44.6. The Balaban J connectivity index is 4.58. The van der Waals surface area contributed by atoms with Gasteiger partial charge in [-0.3, -0.25) is 0 Å². The monoisotopic (exact) mass is 194 g/mol. The summed E-state index contributed by atoms with van der Waals surface area (Å²) in [6, 6.07) is 0. The van der Waals surface area contributed by atoms with Crippen LogP contribution in [0.4, 0.5) is 0 Å². The third-order valence-corrected chi connectivity index (χ3v) is 1.83. The van der Waals surface area contributed by atoms with Gasteiger partial charge in [0.1, 0.15) is 12.2 Å².